The number of hydrogen-bond donors (Lipinski definition) is 0. The van der Waals surface area contributed by atoms with Crippen molar-refractivity contribution in [1.29, 1.82) is 0 Å². The molecule has 1 spiro atoms. The molecule has 0 N–H and O–H groups in total. The number of halogens is 1. The molecular formula is C24H22BrNO6S. The van der Waals surface area contributed by atoms with Crippen molar-refractivity contribution in [3.63, 3.8) is 0 Å². The van der Waals surface area contributed by atoms with Crippen LogP contribution in [-0.2, 0) is 30.8 Å². The maximum absolute atomic E-state index is 13.7. The molecule has 172 valence electrons. The molecule has 2 aromatic carbocycles. The number of amides is 1. The highest BCUT2D eigenvalue weighted by atomic mass is 79.9. The molecule has 1 amide bonds. The van der Waals surface area contributed by atoms with E-state index >= 15 is 0 Å². The standard InChI is InChI=1S/C24H22BrNO6S/c1-3-32-21(27)11-7-18-14-24(13-16-12-17(25)6-10-20(16)22(24)28)23(29)26(18)33(30,31)19-8-4-15(2)5-9-19/h4-12,18H,3,13-14H2,1-2H3/b11-7+/t18-,24-/m0/s1. The van der Waals surface area contributed by atoms with Crippen molar-refractivity contribution in [1.82, 2.24) is 4.31 Å². The molecule has 0 saturated carbocycles. The van der Waals surface area contributed by atoms with Gasteiger partial charge in [0.25, 0.3) is 15.9 Å². The van der Waals surface area contributed by atoms with Crippen LogP contribution in [0.1, 0.15) is 34.8 Å². The van der Waals surface area contributed by atoms with Crippen LogP contribution >= 0.6 is 15.9 Å². The molecule has 1 aliphatic heterocycles. The highest BCUT2D eigenvalue weighted by Crippen LogP contribution is 2.49. The Morgan fingerprint density at radius 2 is 1.91 bits per heavy atom. The van der Waals surface area contributed by atoms with Crippen LogP contribution in [0.5, 0.6) is 0 Å². The smallest absolute Gasteiger partial charge is 0.330 e. The minimum absolute atomic E-state index is 0.0567. The molecular weight excluding hydrogens is 510 g/mol. The van der Waals surface area contributed by atoms with Crippen LogP contribution in [0.25, 0.3) is 0 Å². The Hall–Kier alpha value is -2.78. The lowest BCUT2D eigenvalue weighted by Crippen LogP contribution is -2.43. The summed E-state index contributed by atoms with van der Waals surface area (Å²) in [5, 5.41) is 0. The summed E-state index contributed by atoms with van der Waals surface area (Å²) in [7, 11) is -4.28. The lowest BCUT2D eigenvalue weighted by Gasteiger charge is -2.23. The van der Waals surface area contributed by atoms with Gasteiger partial charge in [-0.05, 0) is 62.6 Å². The highest BCUT2D eigenvalue weighted by Gasteiger charge is 2.62. The van der Waals surface area contributed by atoms with Gasteiger partial charge in [-0.25, -0.2) is 17.5 Å². The first-order valence-electron chi connectivity index (χ1n) is 10.4. The lowest BCUT2D eigenvalue weighted by molar-refractivity contribution is -0.137. The minimum Gasteiger partial charge on any atom is -0.463 e. The summed E-state index contributed by atoms with van der Waals surface area (Å²) in [5.74, 6) is -1.83. The number of benzene rings is 2. The van der Waals surface area contributed by atoms with Crippen LogP contribution in [0.15, 0.2) is 64.0 Å². The molecule has 1 aliphatic carbocycles. The van der Waals surface area contributed by atoms with Crippen molar-refractivity contribution in [2.75, 3.05) is 6.61 Å². The molecule has 2 aliphatic rings. The topological polar surface area (TPSA) is 97.8 Å². The number of aryl methyl sites for hydroxylation is 1. The average molecular weight is 532 g/mol. The Balaban J connectivity index is 1.79. The van der Waals surface area contributed by atoms with E-state index in [4.69, 9.17) is 4.74 Å². The third kappa shape index (κ3) is 3.93. The molecule has 9 heteroatoms. The van der Waals surface area contributed by atoms with Gasteiger partial charge in [0, 0.05) is 16.1 Å². The number of esters is 1. The van der Waals surface area contributed by atoms with Crippen molar-refractivity contribution in [3.8, 4) is 0 Å². The van der Waals surface area contributed by atoms with Crippen molar-refractivity contribution >= 4 is 43.6 Å². The Kier molecular flexibility index (Phi) is 6.05. The van der Waals surface area contributed by atoms with Crippen molar-refractivity contribution in [2.24, 2.45) is 5.41 Å². The molecule has 2 aromatic rings. The van der Waals surface area contributed by atoms with Gasteiger partial charge in [-0.1, -0.05) is 39.7 Å². The fourth-order valence-corrected chi connectivity index (χ4v) is 6.47. The lowest BCUT2D eigenvalue weighted by atomic mass is 9.80. The first-order valence-corrected chi connectivity index (χ1v) is 12.7. The van der Waals surface area contributed by atoms with Gasteiger partial charge in [0.2, 0.25) is 0 Å². The minimum atomic E-state index is -4.28. The van der Waals surface area contributed by atoms with Gasteiger partial charge in [-0.2, -0.15) is 0 Å². The fourth-order valence-electron chi connectivity index (χ4n) is 4.46. The van der Waals surface area contributed by atoms with E-state index in [-0.39, 0.29) is 24.3 Å². The van der Waals surface area contributed by atoms with E-state index < -0.39 is 39.1 Å². The van der Waals surface area contributed by atoms with E-state index in [1.165, 1.54) is 18.2 Å². The van der Waals surface area contributed by atoms with E-state index in [1.54, 1.807) is 37.3 Å². The number of carbonyl (C=O) groups is 3. The fraction of sp³-hybridized carbons (Fsp3) is 0.292. The maximum atomic E-state index is 13.7. The molecule has 1 fully saturated rings. The maximum Gasteiger partial charge on any atom is 0.330 e. The Morgan fingerprint density at radius 3 is 2.58 bits per heavy atom. The third-order valence-electron chi connectivity index (χ3n) is 6.03. The second-order valence-corrected chi connectivity index (χ2v) is 10.9. The molecule has 0 bridgehead atoms. The summed E-state index contributed by atoms with van der Waals surface area (Å²) >= 11 is 3.38. The zero-order chi connectivity index (χ0) is 24.0. The van der Waals surface area contributed by atoms with Crippen LogP contribution in [0.4, 0.5) is 0 Å². The predicted molar refractivity (Wildman–Crippen MR) is 124 cm³/mol. The first kappa shape index (κ1) is 23.4. The van der Waals surface area contributed by atoms with E-state index in [2.05, 4.69) is 15.9 Å². The van der Waals surface area contributed by atoms with Crippen LogP contribution in [0.3, 0.4) is 0 Å². The van der Waals surface area contributed by atoms with Gasteiger partial charge in [0.05, 0.1) is 17.5 Å². The van der Waals surface area contributed by atoms with Gasteiger partial charge < -0.3 is 4.74 Å². The molecule has 1 heterocycles. The molecule has 0 unspecified atom stereocenters. The monoisotopic (exact) mass is 531 g/mol. The number of fused-ring (bicyclic) bond motifs is 1. The number of ketones is 1. The summed E-state index contributed by atoms with van der Waals surface area (Å²) in [6, 6.07) is 10.3. The van der Waals surface area contributed by atoms with E-state index in [0.717, 1.165) is 20.4 Å². The van der Waals surface area contributed by atoms with Crippen LogP contribution in [0.2, 0.25) is 0 Å². The van der Waals surface area contributed by atoms with E-state index in [0.29, 0.717) is 11.1 Å². The Labute approximate surface area is 200 Å². The quantitative estimate of drug-likeness (QED) is 0.332. The van der Waals surface area contributed by atoms with Gasteiger partial charge in [0.1, 0.15) is 5.41 Å². The van der Waals surface area contributed by atoms with Gasteiger partial charge in [-0.15, -0.1) is 0 Å². The highest BCUT2D eigenvalue weighted by molar-refractivity contribution is 9.10. The summed E-state index contributed by atoms with van der Waals surface area (Å²) in [4.78, 5) is 39.0. The van der Waals surface area contributed by atoms with E-state index in [9.17, 15) is 22.8 Å². The number of nitrogens with zero attached hydrogens (tertiary/aromatic N) is 1. The van der Waals surface area contributed by atoms with Gasteiger partial charge in [-0.3, -0.25) is 9.59 Å². The first-order chi connectivity index (χ1) is 15.6. The number of carbonyl (C=O) groups excluding carboxylic acids is 3. The van der Waals surface area contributed by atoms with Crippen LogP contribution in [0, 0.1) is 12.3 Å². The normalized spacial score (nSPS) is 22.4. The molecule has 0 aromatic heterocycles. The number of ether oxygens (including phenoxy) is 1. The van der Waals surface area contributed by atoms with Crippen LogP contribution in [-0.4, -0.2) is 43.0 Å². The van der Waals surface area contributed by atoms with Gasteiger partial charge >= 0.3 is 5.97 Å². The zero-order valence-electron chi connectivity index (χ0n) is 18.1. The predicted octanol–water partition coefficient (Wildman–Crippen LogP) is 3.59. The number of rotatable bonds is 5. The van der Waals surface area contributed by atoms with E-state index in [1.807, 2.05) is 6.92 Å². The molecule has 1 saturated heterocycles. The molecule has 33 heavy (non-hydrogen) atoms. The van der Waals surface area contributed by atoms with Crippen molar-refractivity contribution < 1.29 is 27.5 Å². The number of hydrogen-bond acceptors (Lipinski definition) is 6. The molecule has 0 radical (unpaired) electrons. The molecule has 7 nitrogen and oxygen atoms in total. The molecule has 4 rings (SSSR count). The van der Waals surface area contributed by atoms with Crippen molar-refractivity contribution in [3.05, 3.63) is 75.8 Å². The average Bonchev–Trinajstić information content (AvgIpc) is 3.20. The Bertz CT molecular complexity index is 1280. The number of Topliss-reactive ketones (excluding diaryl/α,β-unsaturated/α-hetero) is 1. The van der Waals surface area contributed by atoms with Crippen LogP contribution < -0.4 is 0 Å². The molecule has 2 atom stereocenters. The van der Waals surface area contributed by atoms with Gasteiger partial charge in [0.15, 0.2) is 5.78 Å². The zero-order valence-corrected chi connectivity index (χ0v) is 20.5. The summed E-state index contributed by atoms with van der Waals surface area (Å²) in [6.07, 6.45) is 2.49. The SMILES string of the molecule is CCOC(=O)/C=C/[C@H]1C[C@]2(Cc3cc(Br)ccc3C2=O)C(=O)N1S(=O)(=O)c1ccc(C)cc1. The summed E-state index contributed by atoms with van der Waals surface area (Å²) in [6.45, 7) is 3.63. The summed E-state index contributed by atoms with van der Waals surface area (Å²) in [5.41, 5.74) is 0.425. The second kappa shape index (κ2) is 8.53. The second-order valence-electron chi connectivity index (χ2n) is 8.19. The van der Waals surface area contributed by atoms with Crippen molar-refractivity contribution in [2.45, 2.75) is 37.6 Å². The summed E-state index contributed by atoms with van der Waals surface area (Å²) < 4.78 is 33.5. The largest absolute Gasteiger partial charge is 0.463 e. The Morgan fingerprint density at radius 1 is 1.21 bits per heavy atom. The third-order valence-corrected chi connectivity index (χ3v) is 8.34. The number of sulfonamides is 1.